The summed E-state index contributed by atoms with van der Waals surface area (Å²) in [4.78, 5) is 12.1. The van der Waals surface area contributed by atoms with Crippen molar-refractivity contribution in [1.82, 2.24) is 0 Å². The third-order valence-corrected chi connectivity index (χ3v) is 3.81. The van der Waals surface area contributed by atoms with E-state index in [-0.39, 0.29) is 11.8 Å². The van der Waals surface area contributed by atoms with Crippen LogP contribution in [0.4, 0.5) is 5.69 Å². The number of rotatable bonds is 5. The van der Waals surface area contributed by atoms with E-state index in [9.17, 15) is 4.79 Å². The Bertz CT molecular complexity index is 724. The SMILES string of the molecule is COC(=O)C(Nc1ccc(C(=N)N)cc1)c1ccc(C)c(C)c1. The number of hydrogen-bond donors (Lipinski definition) is 3. The predicted octanol–water partition coefficient (Wildman–Crippen LogP) is 2.91. The first-order valence-electron chi connectivity index (χ1n) is 7.28. The van der Waals surface area contributed by atoms with Gasteiger partial charge in [0.25, 0.3) is 0 Å². The molecule has 5 heteroatoms. The van der Waals surface area contributed by atoms with Gasteiger partial charge in [-0.15, -0.1) is 0 Å². The maximum absolute atomic E-state index is 12.1. The summed E-state index contributed by atoms with van der Waals surface area (Å²) in [6.07, 6.45) is 0. The molecule has 0 heterocycles. The van der Waals surface area contributed by atoms with Gasteiger partial charge in [-0.05, 0) is 54.8 Å². The fourth-order valence-electron chi connectivity index (χ4n) is 2.25. The second-order valence-electron chi connectivity index (χ2n) is 5.44. The second-order valence-corrected chi connectivity index (χ2v) is 5.44. The molecule has 0 aromatic heterocycles. The number of amidine groups is 1. The quantitative estimate of drug-likeness (QED) is 0.450. The summed E-state index contributed by atoms with van der Waals surface area (Å²) < 4.78 is 4.92. The first-order chi connectivity index (χ1) is 10.9. The van der Waals surface area contributed by atoms with Crippen molar-refractivity contribution < 1.29 is 9.53 Å². The summed E-state index contributed by atoms with van der Waals surface area (Å²) in [7, 11) is 1.37. The zero-order valence-electron chi connectivity index (χ0n) is 13.5. The molecule has 0 saturated heterocycles. The van der Waals surface area contributed by atoms with Crippen LogP contribution < -0.4 is 11.1 Å². The first-order valence-corrected chi connectivity index (χ1v) is 7.28. The molecule has 2 aromatic carbocycles. The minimum Gasteiger partial charge on any atom is -0.467 e. The predicted molar refractivity (Wildman–Crippen MR) is 91.8 cm³/mol. The maximum atomic E-state index is 12.1. The molecule has 5 nitrogen and oxygen atoms in total. The number of ether oxygens (including phenoxy) is 1. The number of hydrogen-bond acceptors (Lipinski definition) is 4. The molecule has 0 aliphatic rings. The molecule has 120 valence electrons. The molecule has 2 aromatic rings. The van der Waals surface area contributed by atoms with E-state index in [0.717, 1.165) is 16.8 Å². The largest absolute Gasteiger partial charge is 0.467 e. The van der Waals surface area contributed by atoms with Crippen molar-refractivity contribution in [3.05, 3.63) is 64.7 Å². The van der Waals surface area contributed by atoms with Gasteiger partial charge >= 0.3 is 5.97 Å². The number of nitrogens with two attached hydrogens (primary N) is 1. The smallest absolute Gasteiger partial charge is 0.332 e. The van der Waals surface area contributed by atoms with E-state index < -0.39 is 6.04 Å². The lowest BCUT2D eigenvalue weighted by Gasteiger charge is -2.19. The molecule has 4 N–H and O–H groups in total. The van der Waals surface area contributed by atoms with Gasteiger partial charge < -0.3 is 15.8 Å². The first kappa shape index (κ1) is 16.5. The van der Waals surface area contributed by atoms with Crippen LogP contribution >= 0.6 is 0 Å². The van der Waals surface area contributed by atoms with Gasteiger partial charge in [0.15, 0.2) is 6.04 Å². The monoisotopic (exact) mass is 311 g/mol. The van der Waals surface area contributed by atoms with E-state index in [0.29, 0.717) is 5.56 Å². The summed E-state index contributed by atoms with van der Waals surface area (Å²) in [6, 6.07) is 12.3. The van der Waals surface area contributed by atoms with Crippen LogP contribution in [0.25, 0.3) is 0 Å². The van der Waals surface area contributed by atoms with Crippen LogP contribution in [-0.2, 0) is 9.53 Å². The van der Waals surface area contributed by atoms with Crippen molar-refractivity contribution in [3.8, 4) is 0 Å². The van der Waals surface area contributed by atoms with Crippen LogP contribution in [0.5, 0.6) is 0 Å². The second kappa shape index (κ2) is 6.96. The molecule has 0 spiro atoms. The maximum Gasteiger partial charge on any atom is 0.332 e. The van der Waals surface area contributed by atoms with Gasteiger partial charge in [0, 0.05) is 11.3 Å². The van der Waals surface area contributed by atoms with E-state index in [2.05, 4.69) is 5.32 Å². The molecular formula is C18H21N3O2. The molecule has 23 heavy (non-hydrogen) atoms. The average Bonchev–Trinajstić information content (AvgIpc) is 2.55. The van der Waals surface area contributed by atoms with Crippen LogP contribution in [0.2, 0.25) is 0 Å². The van der Waals surface area contributed by atoms with Crippen molar-refractivity contribution in [3.63, 3.8) is 0 Å². The number of carbonyl (C=O) groups excluding carboxylic acids is 1. The summed E-state index contributed by atoms with van der Waals surface area (Å²) in [5.41, 5.74) is 9.96. The molecule has 0 aliphatic heterocycles. The minimum atomic E-state index is -0.595. The molecule has 0 fully saturated rings. The van der Waals surface area contributed by atoms with Gasteiger partial charge in [-0.3, -0.25) is 5.41 Å². The molecular weight excluding hydrogens is 290 g/mol. The number of anilines is 1. The highest BCUT2D eigenvalue weighted by Gasteiger charge is 2.21. The van der Waals surface area contributed by atoms with Crippen LogP contribution in [-0.4, -0.2) is 18.9 Å². The fraction of sp³-hybridized carbons (Fsp3) is 0.222. The van der Waals surface area contributed by atoms with Crippen LogP contribution in [0, 0.1) is 19.3 Å². The van der Waals surface area contributed by atoms with Gasteiger partial charge in [-0.1, -0.05) is 18.2 Å². The lowest BCUT2D eigenvalue weighted by atomic mass is 10.0. The highest BCUT2D eigenvalue weighted by molar-refractivity contribution is 5.95. The van der Waals surface area contributed by atoms with E-state index in [1.807, 2.05) is 32.0 Å². The number of aryl methyl sites for hydroxylation is 2. The highest BCUT2D eigenvalue weighted by Crippen LogP contribution is 2.23. The zero-order valence-corrected chi connectivity index (χ0v) is 13.5. The summed E-state index contributed by atoms with van der Waals surface area (Å²) in [6.45, 7) is 4.04. The minimum absolute atomic E-state index is 0.00947. The summed E-state index contributed by atoms with van der Waals surface area (Å²) in [5.74, 6) is -0.348. The van der Waals surface area contributed by atoms with Gasteiger partial charge in [0.05, 0.1) is 7.11 Å². The van der Waals surface area contributed by atoms with Gasteiger partial charge in [-0.25, -0.2) is 4.79 Å². The Balaban J connectivity index is 2.30. The highest BCUT2D eigenvalue weighted by atomic mass is 16.5. The van der Waals surface area contributed by atoms with Crippen molar-refractivity contribution in [2.75, 3.05) is 12.4 Å². The average molecular weight is 311 g/mol. The molecule has 0 saturated carbocycles. The van der Waals surface area contributed by atoms with Crippen LogP contribution in [0.1, 0.15) is 28.3 Å². The summed E-state index contributed by atoms with van der Waals surface area (Å²) in [5, 5.41) is 10.6. The zero-order chi connectivity index (χ0) is 17.0. The Kier molecular flexibility index (Phi) is 5.01. The lowest BCUT2D eigenvalue weighted by molar-refractivity contribution is -0.141. The molecule has 1 atom stereocenters. The number of nitrogens with one attached hydrogen (secondary N) is 2. The number of nitrogen functional groups attached to an aromatic ring is 1. The van der Waals surface area contributed by atoms with Gasteiger partial charge in [-0.2, -0.15) is 0 Å². The Labute approximate surface area is 136 Å². The normalized spacial score (nSPS) is 11.6. The van der Waals surface area contributed by atoms with Crippen molar-refractivity contribution in [2.45, 2.75) is 19.9 Å². The van der Waals surface area contributed by atoms with Crippen molar-refractivity contribution in [1.29, 1.82) is 5.41 Å². The third-order valence-electron chi connectivity index (χ3n) is 3.81. The fourth-order valence-corrected chi connectivity index (χ4v) is 2.25. The summed E-state index contributed by atoms with van der Waals surface area (Å²) >= 11 is 0. The van der Waals surface area contributed by atoms with E-state index in [1.165, 1.54) is 12.7 Å². The van der Waals surface area contributed by atoms with E-state index in [1.54, 1.807) is 24.3 Å². The third kappa shape index (κ3) is 3.88. The Morgan fingerprint density at radius 1 is 1.13 bits per heavy atom. The molecule has 0 bridgehead atoms. The Hall–Kier alpha value is -2.82. The number of carbonyl (C=O) groups is 1. The molecule has 2 rings (SSSR count). The lowest BCUT2D eigenvalue weighted by Crippen LogP contribution is -2.22. The number of esters is 1. The molecule has 0 radical (unpaired) electrons. The molecule has 1 unspecified atom stereocenters. The number of benzene rings is 2. The molecule has 0 amide bonds. The van der Waals surface area contributed by atoms with Gasteiger partial charge in [0.2, 0.25) is 0 Å². The van der Waals surface area contributed by atoms with E-state index >= 15 is 0 Å². The Morgan fingerprint density at radius 2 is 1.78 bits per heavy atom. The Morgan fingerprint density at radius 3 is 2.30 bits per heavy atom. The number of methoxy groups -OCH3 is 1. The molecule has 0 aliphatic carbocycles. The van der Waals surface area contributed by atoms with Crippen molar-refractivity contribution in [2.24, 2.45) is 5.73 Å². The topological polar surface area (TPSA) is 88.2 Å². The van der Waals surface area contributed by atoms with Crippen molar-refractivity contribution >= 4 is 17.5 Å². The van der Waals surface area contributed by atoms with Crippen LogP contribution in [0.15, 0.2) is 42.5 Å². The standard InChI is InChI=1S/C18H21N3O2/c1-11-4-5-14(10-12(11)2)16(18(22)23-3)21-15-8-6-13(7-9-15)17(19)20/h4-10,16,21H,1-3H3,(H3,19,20). The van der Waals surface area contributed by atoms with Gasteiger partial charge in [0.1, 0.15) is 5.84 Å². The van der Waals surface area contributed by atoms with Crippen LogP contribution in [0.3, 0.4) is 0 Å². The van der Waals surface area contributed by atoms with E-state index in [4.69, 9.17) is 15.9 Å².